The lowest BCUT2D eigenvalue weighted by molar-refractivity contribution is -0.123. The normalized spacial score (nSPS) is 50.6. The van der Waals surface area contributed by atoms with E-state index in [9.17, 15) is 5.11 Å². The number of fused-ring (bicyclic) bond motifs is 2. The molecule has 5 saturated carbocycles. The van der Waals surface area contributed by atoms with Crippen molar-refractivity contribution in [3.63, 3.8) is 0 Å². The fourth-order valence-electron chi connectivity index (χ4n) is 8.38. The molecule has 9 atom stereocenters. The molecule has 0 amide bonds. The van der Waals surface area contributed by atoms with Crippen molar-refractivity contribution in [3.05, 3.63) is 29.3 Å². The molecule has 6 rings (SSSR count). The Hall–Kier alpha value is -1.55. The van der Waals surface area contributed by atoms with Gasteiger partial charge in [0.1, 0.15) is 0 Å². The van der Waals surface area contributed by atoms with Crippen LogP contribution in [0.5, 0.6) is 0 Å². The first-order valence-electron chi connectivity index (χ1n) is 9.85. The van der Waals surface area contributed by atoms with E-state index in [0.29, 0.717) is 24.3 Å². The second kappa shape index (κ2) is 4.40. The average molecular weight is 337 g/mol. The number of aryl methyl sites for hydroxylation is 2. The van der Waals surface area contributed by atoms with E-state index in [2.05, 4.69) is 42.4 Å². The second-order valence-electron chi connectivity index (χ2n) is 9.53. The van der Waals surface area contributed by atoms with Crippen molar-refractivity contribution in [1.29, 1.82) is 0 Å². The van der Waals surface area contributed by atoms with Gasteiger partial charge in [0, 0.05) is 5.69 Å². The van der Waals surface area contributed by atoms with E-state index in [1.807, 2.05) is 0 Å². The zero-order valence-electron chi connectivity index (χ0n) is 14.9. The molecule has 25 heavy (non-hydrogen) atoms. The van der Waals surface area contributed by atoms with E-state index in [-0.39, 0.29) is 0 Å². The number of anilines is 1. The minimum atomic E-state index is -0.584. The number of aliphatic imine (C=N–C) groups is 1. The number of aliphatic hydroxyl groups is 1. The average Bonchev–Trinajstić information content (AvgIpc) is 3.03. The van der Waals surface area contributed by atoms with Crippen LogP contribution in [0.3, 0.4) is 0 Å². The van der Waals surface area contributed by atoms with Crippen molar-refractivity contribution >= 4 is 11.6 Å². The number of nitrogens with zero attached hydrogens (tertiary/aromatic N) is 1. The number of hydrogen-bond acceptors (Lipinski definition) is 2. The zero-order valence-corrected chi connectivity index (χ0v) is 14.9. The Morgan fingerprint density at radius 3 is 2.52 bits per heavy atom. The molecule has 0 aliphatic heterocycles. The number of guanidine groups is 1. The SMILES string of the molecule is Cc1cc(C)cc(NC(N)=NCC2(O)C3C4CC5C6C4CC3C6C52)c1. The summed E-state index contributed by atoms with van der Waals surface area (Å²) in [4.78, 5) is 4.61. The Morgan fingerprint density at radius 1 is 1.08 bits per heavy atom. The maximum absolute atomic E-state index is 11.6. The quantitative estimate of drug-likeness (QED) is 0.586. The van der Waals surface area contributed by atoms with Crippen LogP contribution >= 0.6 is 0 Å². The van der Waals surface area contributed by atoms with Crippen molar-refractivity contribution in [2.75, 3.05) is 11.9 Å². The van der Waals surface area contributed by atoms with Crippen LogP contribution in [0.2, 0.25) is 0 Å². The van der Waals surface area contributed by atoms with Gasteiger partial charge in [0.15, 0.2) is 5.96 Å². The molecule has 4 N–H and O–H groups in total. The third-order valence-corrected chi connectivity index (χ3v) is 8.52. The first-order valence-corrected chi connectivity index (χ1v) is 9.85. The Morgan fingerprint density at radius 2 is 1.76 bits per heavy atom. The summed E-state index contributed by atoms with van der Waals surface area (Å²) in [6, 6.07) is 6.30. The summed E-state index contributed by atoms with van der Waals surface area (Å²) < 4.78 is 0. The predicted octanol–water partition coefficient (Wildman–Crippen LogP) is 2.54. The third kappa shape index (κ3) is 1.61. The van der Waals surface area contributed by atoms with Crippen molar-refractivity contribution in [2.24, 2.45) is 58.1 Å². The fraction of sp³-hybridized carbons (Fsp3) is 0.667. The summed E-state index contributed by atoms with van der Waals surface area (Å²) >= 11 is 0. The first kappa shape index (κ1) is 14.6. The van der Waals surface area contributed by atoms with Crippen LogP contribution in [-0.4, -0.2) is 23.2 Å². The Balaban J connectivity index is 1.23. The van der Waals surface area contributed by atoms with Crippen molar-refractivity contribution in [1.82, 2.24) is 0 Å². The lowest BCUT2D eigenvalue weighted by Crippen LogP contribution is -2.56. The maximum Gasteiger partial charge on any atom is 0.193 e. The molecule has 5 aliphatic carbocycles. The Bertz CT molecular complexity index is 778. The highest BCUT2D eigenvalue weighted by atomic mass is 16.3. The number of benzene rings is 1. The number of nitrogens with one attached hydrogen (secondary N) is 1. The topological polar surface area (TPSA) is 70.6 Å². The van der Waals surface area contributed by atoms with Crippen molar-refractivity contribution < 1.29 is 5.11 Å². The van der Waals surface area contributed by atoms with Crippen LogP contribution in [0.1, 0.15) is 24.0 Å². The minimum absolute atomic E-state index is 0.428. The molecule has 0 heterocycles. The molecule has 1 aromatic rings. The standard InChI is InChI=1S/C21H27N3O/c1-9-3-10(2)5-11(4-9)24-20(22)23-8-21(25)18-13-7-14-16-12(13)6-15(18)17(16)19(14)21/h3-5,12-19,25H,6-8H2,1-2H3,(H3,22,23,24). The molecular weight excluding hydrogens is 310 g/mol. The van der Waals surface area contributed by atoms with Crippen molar-refractivity contribution in [3.8, 4) is 0 Å². The highest BCUT2D eigenvalue weighted by Gasteiger charge is 2.84. The van der Waals surface area contributed by atoms with Gasteiger partial charge in [0.2, 0.25) is 0 Å². The number of hydrogen-bond donors (Lipinski definition) is 3. The molecular formula is C21H27N3O. The van der Waals surface area contributed by atoms with Crippen LogP contribution in [0.15, 0.2) is 23.2 Å². The summed E-state index contributed by atoms with van der Waals surface area (Å²) in [5.41, 5.74) is 8.96. The minimum Gasteiger partial charge on any atom is -0.387 e. The van der Waals surface area contributed by atoms with Crippen LogP contribution < -0.4 is 11.1 Å². The van der Waals surface area contributed by atoms with Crippen LogP contribution in [0.25, 0.3) is 0 Å². The van der Waals surface area contributed by atoms with Gasteiger partial charge in [-0.3, -0.25) is 4.99 Å². The van der Waals surface area contributed by atoms with Gasteiger partial charge in [-0.25, -0.2) is 0 Å². The molecule has 0 aromatic heterocycles. The van der Waals surface area contributed by atoms with Gasteiger partial charge < -0.3 is 16.2 Å². The van der Waals surface area contributed by atoms with Gasteiger partial charge in [-0.05, 0) is 97.3 Å². The van der Waals surface area contributed by atoms with Crippen LogP contribution in [-0.2, 0) is 0 Å². The highest BCUT2D eigenvalue weighted by molar-refractivity contribution is 5.92. The van der Waals surface area contributed by atoms with E-state index >= 15 is 0 Å². The molecule has 2 bridgehead atoms. The van der Waals surface area contributed by atoms with Gasteiger partial charge in [-0.15, -0.1) is 0 Å². The highest BCUT2D eigenvalue weighted by Crippen LogP contribution is 2.85. The lowest BCUT2D eigenvalue weighted by atomic mass is 9.56. The van der Waals surface area contributed by atoms with Crippen molar-refractivity contribution in [2.45, 2.75) is 32.3 Å². The molecule has 5 aliphatic rings. The summed E-state index contributed by atoms with van der Waals surface area (Å²) in [7, 11) is 0. The largest absolute Gasteiger partial charge is 0.387 e. The van der Waals surface area contributed by atoms with E-state index in [4.69, 9.17) is 5.73 Å². The first-order chi connectivity index (χ1) is 12.0. The molecule has 9 unspecified atom stereocenters. The van der Waals surface area contributed by atoms with Crippen LogP contribution in [0, 0.1) is 61.2 Å². The van der Waals surface area contributed by atoms with Gasteiger partial charge >= 0.3 is 0 Å². The third-order valence-electron chi connectivity index (χ3n) is 8.52. The monoisotopic (exact) mass is 337 g/mol. The summed E-state index contributed by atoms with van der Waals surface area (Å²) in [5, 5.41) is 14.8. The summed E-state index contributed by atoms with van der Waals surface area (Å²) in [6.45, 7) is 4.64. The summed E-state index contributed by atoms with van der Waals surface area (Å²) in [5.74, 6) is 6.50. The zero-order chi connectivity index (χ0) is 17.1. The Kier molecular flexibility index (Phi) is 2.57. The molecule has 4 heteroatoms. The van der Waals surface area contributed by atoms with Crippen LogP contribution in [0.4, 0.5) is 5.69 Å². The second-order valence-corrected chi connectivity index (χ2v) is 9.53. The molecule has 0 radical (unpaired) electrons. The number of nitrogens with two attached hydrogens (primary N) is 1. The molecule has 0 saturated heterocycles. The smallest absolute Gasteiger partial charge is 0.193 e. The molecule has 0 spiro atoms. The van der Waals surface area contributed by atoms with Gasteiger partial charge in [-0.2, -0.15) is 0 Å². The van der Waals surface area contributed by atoms with E-state index in [1.165, 1.54) is 24.0 Å². The van der Waals surface area contributed by atoms with Gasteiger partial charge in [-0.1, -0.05) is 6.07 Å². The van der Waals surface area contributed by atoms with E-state index in [1.54, 1.807) is 0 Å². The molecule has 5 fully saturated rings. The lowest BCUT2D eigenvalue weighted by Gasteiger charge is -2.51. The fourth-order valence-corrected chi connectivity index (χ4v) is 8.38. The number of rotatable bonds is 3. The van der Waals surface area contributed by atoms with Gasteiger partial charge in [0.25, 0.3) is 0 Å². The van der Waals surface area contributed by atoms with E-state index < -0.39 is 5.60 Å². The molecule has 1 aromatic carbocycles. The van der Waals surface area contributed by atoms with Gasteiger partial charge in [0.05, 0.1) is 12.1 Å². The molecule has 132 valence electrons. The Labute approximate surface area is 148 Å². The predicted molar refractivity (Wildman–Crippen MR) is 98.1 cm³/mol. The molecule has 4 nitrogen and oxygen atoms in total. The van der Waals surface area contributed by atoms with E-state index in [0.717, 1.165) is 41.2 Å². The summed E-state index contributed by atoms with van der Waals surface area (Å²) in [6.07, 6.45) is 2.78. The maximum atomic E-state index is 11.6.